The van der Waals surface area contributed by atoms with Crippen molar-refractivity contribution in [2.75, 3.05) is 12.8 Å². The quantitative estimate of drug-likeness (QED) is 0.824. The maximum atomic E-state index is 13.2. The molecule has 18 heavy (non-hydrogen) atoms. The minimum absolute atomic E-state index is 0.0644. The van der Waals surface area contributed by atoms with Crippen LogP contribution in [-0.2, 0) is 4.79 Å². The third kappa shape index (κ3) is 4.70. The summed E-state index contributed by atoms with van der Waals surface area (Å²) in [7, 11) is 1.39. The van der Waals surface area contributed by atoms with Crippen molar-refractivity contribution >= 4 is 23.7 Å². The lowest BCUT2D eigenvalue weighted by Crippen LogP contribution is -2.37. The summed E-state index contributed by atoms with van der Waals surface area (Å²) in [6, 6.07) is 2.66. The third-order valence-electron chi connectivity index (χ3n) is 1.96. The van der Waals surface area contributed by atoms with Gasteiger partial charge in [-0.2, -0.15) is 0 Å². The molecule has 1 aromatic rings. The molecule has 0 saturated carbocycles. The van der Waals surface area contributed by atoms with Crippen LogP contribution in [0.5, 0.6) is 0 Å². The highest BCUT2D eigenvalue weighted by Crippen LogP contribution is 2.22. The van der Waals surface area contributed by atoms with Crippen molar-refractivity contribution in [2.45, 2.75) is 11.3 Å². The standard InChI is InChI=1S/C11H12F2N2O2S/c1-14-11(17)15-10(16)4-5-18-9-3-2-7(12)6-8(9)13/h2-3,6H,4-5H2,1H3,(H2,14,15,16,17). The number of carbonyl (C=O) groups is 2. The fraction of sp³-hybridized carbons (Fsp3) is 0.273. The molecule has 3 amide bonds. The van der Waals surface area contributed by atoms with Gasteiger partial charge in [0.25, 0.3) is 0 Å². The van der Waals surface area contributed by atoms with Gasteiger partial charge < -0.3 is 5.32 Å². The van der Waals surface area contributed by atoms with Gasteiger partial charge in [0.1, 0.15) is 11.6 Å². The zero-order chi connectivity index (χ0) is 13.5. The molecule has 0 aliphatic heterocycles. The minimum atomic E-state index is -0.660. The molecule has 0 aliphatic carbocycles. The molecule has 0 aromatic heterocycles. The second-order valence-corrected chi connectivity index (χ2v) is 4.44. The largest absolute Gasteiger partial charge is 0.341 e. The Morgan fingerprint density at radius 3 is 2.67 bits per heavy atom. The first-order chi connectivity index (χ1) is 8.52. The molecule has 0 atom stereocenters. The van der Waals surface area contributed by atoms with E-state index in [9.17, 15) is 18.4 Å². The summed E-state index contributed by atoms with van der Waals surface area (Å²) >= 11 is 1.08. The fourth-order valence-corrected chi connectivity index (χ4v) is 1.97. The van der Waals surface area contributed by atoms with Crippen LogP contribution >= 0.6 is 11.8 Å². The molecule has 1 rings (SSSR count). The molecule has 0 unspecified atom stereocenters. The van der Waals surface area contributed by atoms with Crippen LogP contribution < -0.4 is 10.6 Å². The van der Waals surface area contributed by atoms with Gasteiger partial charge >= 0.3 is 6.03 Å². The van der Waals surface area contributed by atoms with Crippen molar-refractivity contribution in [1.82, 2.24) is 10.6 Å². The molecule has 0 spiro atoms. The summed E-state index contributed by atoms with van der Waals surface area (Å²) in [6.45, 7) is 0. The van der Waals surface area contributed by atoms with Crippen LogP contribution in [0.2, 0.25) is 0 Å². The summed E-state index contributed by atoms with van der Waals surface area (Å²) in [5, 5.41) is 4.32. The SMILES string of the molecule is CNC(=O)NC(=O)CCSc1ccc(F)cc1F. The zero-order valence-electron chi connectivity index (χ0n) is 9.63. The normalized spacial score (nSPS) is 9.94. The Morgan fingerprint density at radius 2 is 2.06 bits per heavy atom. The molecular formula is C11H12F2N2O2S. The Kier molecular flexibility index (Phi) is 5.57. The summed E-state index contributed by atoms with van der Waals surface area (Å²) in [6.07, 6.45) is 0.0644. The maximum Gasteiger partial charge on any atom is 0.321 e. The van der Waals surface area contributed by atoms with E-state index in [0.29, 0.717) is 5.75 Å². The van der Waals surface area contributed by atoms with E-state index in [4.69, 9.17) is 0 Å². The molecule has 98 valence electrons. The van der Waals surface area contributed by atoms with Crippen molar-refractivity contribution in [3.8, 4) is 0 Å². The van der Waals surface area contributed by atoms with Gasteiger partial charge in [0.05, 0.1) is 0 Å². The molecule has 0 heterocycles. The Hall–Kier alpha value is -1.63. The molecule has 1 aromatic carbocycles. The van der Waals surface area contributed by atoms with E-state index in [-0.39, 0.29) is 11.3 Å². The van der Waals surface area contributed by atoms with Gasteiger partial charge in [-0.25, -0.2) is 13.6 Å². The molecule has 4 nitrogen and oxygen atoms in total. The molecule has 7 heteroatoms. The van der Waals surface area contributed by atoms with Gasteiger partial charge in [-0.1, -0.05) is 0 Å². The number of halogens is 2. The Bertz CT molecular complexity index is 455. The van der Waals surface area contributed by atoms with Crippen molar-refractivity contribution < 1.29 is 18.4 Å². The number of hydrogen-bond acceptors (Lipinski definition) is 3. The second kappa shape index (κ2) is 6.95. The molecule has 0 saturated heterocycles. The van der Waals surface area contributed by atoms with Crippen LogP contribution in [0.3, 0.4) is 0 Å². The van der Waals surface area contributed by atoms with Crippen LogP contribution in [0.15, 0.2) is 23.1 Å². The topological polar surface area (TPSA) is 58.2 Å². The van der Waals surface area contributed by atoms with E-state index in [1.807, 2.05) is 0 Å². The fourth-order valence-electron chi connectivity index (χ4n) is 1.10. The van der Waals surface area contributed by atoms with Gasteiger partial charge in [0.2, 0.25) is 5.91 Å². The van der Waals surface area contributed by atoms with Gasteiger partial charge in [-0.05, 0) is 12.1 Å². The molecule has 0 bridgehead atoms. The number of nitrogens with one attached hydrogen (secondary N) is 2. The number of benzene rings is 1. The number of rotatable bonds is 4. The van der Waals surface area contributed by atoms with E-state index in [2.05, 4.69) is 10.6 Å². The molecule has 0 radical (unpaired) electrons. The van der Waals surface area contributed by atoms with E-state index >= 15 is 0 Å². The van der Waals surface area contributed by atoms with Crippen LogP contribution in [0.25, 0.3) is 0 Å². The van der Waals surface area contributed by atoms with Gasteiger partial charge in [-0.15, -0.1) is 11.8 Å². The van der Waals surface area contributed by atoms with Gasteiger partial charge in [0.15, 0.2) is 0 Å². The van der Waals surface area contributed by atoms with Crippen LogP contribution in [-0.4, -0.2) is 24.7 Å². The highest BCUT2D eigenvalue weighted by Gasteiger charge is 2.08. The number of imide groups is 1. The summed E-state index contributed by atoms with van der Waals surface area (Å²) < 4.78 is 25.8. The summed E-state index contributed by atoms with van der Waals surface area (Å²) in [5.74, 6) is -1.46. The monoisotopic (exact) mass is 274 g/mol. The molecular weight excluding hydrogens is 262 g/mol. The third-order valence-corrected chi connectivity index (χ3v) is 3.01. The van der Waals surface area contributed by atoms with Crippen LogP contribution in [0.1, 0.15) is 6.42 Å². The van der Waals surface area contributed by atoms with Crippen molar-refractivity contribution in [3.63, 3.8) is 0 Å². The Balaban J connectivity index is 2.37. The summed E-state index contributed by atoms with van der Waals surface area (Å²) in [4.78, 5) is 22.3. The number of thioether (sulfide) groups is 1. The average Bonchev–Trinajstić information content (AvgIpc) is 2.31. The zero-order valence-corrected chi connectivity index (χ0v) is 10.4. The summed E-state index contributed by atoms with van der Waals surface area (Å²) in [5.41, 5.74) is 0. The second-order valence-electron chi connectivity index (χ2n) is 3.30. The lowest BCUT2D eigenvalue weighted by atomic mass is 10.3. The predicted molar refractivity (Wildman–Crippen MR) is 64.3 cm³/mol. The first kappa shape index (κ1) is 14.4. The number of amides is 3. The first-order valence-electron chi connectivity index (χ1n) is 5.12. The molecule has 0 fully saturated rings. The first-order valence-corrected chi connectivity index (χ1v) is 6.11. The van der Waals surface area contributed by atoms with E-state index in [1.165, 1.54) is 13.1 Å². The van der Waals surface area contributed by atoms with Crippen molar-refractivity contribution in [1.29, 1.82) is 0 Å². The van der Waals surface area contributed by atoms with Gasteiger partial charge in [-0.3, -0.25) is 10.1 Å². The van der Waals surface area contributed by atoms with Crippen LogP contribution in [0.4, 0.5) is 13.6 Å². The van der Waals surface area contributed by atoms with E-state index < -0.39 is 23.6 Å². The Labute approximate surface area is 107 Å². The van der Waals surface area contributed by atoms with Crippen molar-refractivity contribution in [2.24, 2.45) is 0 Å². The number of carbonyl (C=O) groups excluding carboxylic acids is 2. The number of hydrogen-bond donors (Lipinski definition) is 2. The van der Waals surface area contributed by atoms with Gasteiger partial charge in [0, 0.05) is 30.2 Å². The highest BCUT2D eigenvalue weighted by atomic mass is 32.2. The molecule has 0 aliphatic rings. The lowest BCUT2D eigenvalue weighted by Gasteiger charge is -2.04. The molecule has 2 N–H and O–H groups in total. The van der Waals surface area contributed by atoms with Crippen molar-refractivity contribution in [3.05, 3.63) is 29.8 Å². The Morgan fingerprint density at radius 1 is 1.33 bits per heavy atom. The highest BCUT2D eigenvalue weighted by molar-refractivity contribution is 7.99. The number of urea groups is 1. The predicted octanol–water partition coefficient (Wildman–Crippen LogP) is 1.90. The minimum Gasteiger partial charge on any atom is -0.341 e. The smallest absolute Gasteiger partial charge is 0.321 e. The lowest BCUT2D eigenvalue weighted by molar-refractivity contribution is -0.119. The maximum absolute atomic E-state index is 13.2. The average molecular weight is 274 g/mol. The van der Waals surface area contributed by atoms with E-state index in [0.717, 1.165) is 23.9 Å². The van der Waals surface area contributed by atoms with Crippen LogP contribution in [0, 0.1) is 11.6 Å². The van der Waals surface area contributed by atoms with E-state index in [1.54, 1.807) is 0 Å².